The van der Waals surface area contributed by atoms with Crippen LogP contribution in [0.4, 0.5) is 0 Å². The van der Waals surface area contributed by atoms with Gasteiger partial charge in [-0.25, -0.2) is 0 Å². The molecular formula is C13H14N2S. The largest absolute Gasteiger partial charge is 0.350 e. The summed E-state index contributed by atoms with van der Waals surface area (Å²) in [6.07, 6.45) is 7.26. The normalized spacial score (nSPS) is 22.5. The molecule has 2 heterocycles. The van der Waals surface area contributed by atoms with Crippen molar-refractivity contribution in [1.82, 2.24) is 5.32 Å². The van der Waals surface area contributed by atoms with E-state index in [9.17, 15) is 0 Å². The fourth-order valence-electron chi connectivity index (χ4n) is 2.19. The number of allylic oxidation sites excluding steroid dienone is 1. The van der Waals surface area contributed by atoms with Gasteiger partial charge in [-0.1, -0.05) is 12.2 Å². The summed E-state index contributed by atoms with van der Waals surface area (Å²) in [5.41, 5.74) is 5.41. The number of hydrogen-bond acceptors (Lipinski definition) is 3. The number of nitrogens with one attached hydrogen (secondary N) is 1. The van der Waals surface area contributed by atoms with E-state index in [0.717, 1.165) is 6.42 Å². The summed E-state index contributed by atoms with van der Waals surface area (Å²) in [5, 5.41) is 5.46. The molecule has 0 aromatic carbocycles. The quantitative estimate of drug-likeness (QED) is 0.787. The van der Waals surface area contributed by atoms with Crippen LogP contribution in [0.2, 0.25) is 0 Å². The van der Waals surface area contributed by atoms with E-state index in [1.807, 2.05) is 17.7 Å². The molecule has 2 aliphatic rings. The molecule has 0 fully saturated rings. The van der Waals surface area contributed by atoms with Gasteiger partial charge in [0, 0.05) is 22.6 Å². The molecule has 3 rings (SSSR count). The first-order chi connectivity index (χ1) is 7.77. The van der Waals surface area contributed by atoms with Gasteiger partial charge >= 0.3 is 0 Å². The Morgan fingerprint density at radius 3 is 3.06 bits per heavy atom. The molecule has 3 heteroatoms. The topological polar surface area (TPSA) is 24.4 Å². The van der Waals surface area contributed by atoms with E-state index < -0.39 is 0 Å². The lowest BCUT2D eigenvalue weighted by atomic mass is 10.0. The Bertz CT molecular complexity index is 520. The molecule has 1 unspecified atom stereocenters. The molecule has 0 amide bonds. The average Bonchev–Trinajstić information content (AvgIpc) is 2.87. The summed E-state index contributed by atoms with van der Waals surface area (Å²) in [4.78, 5) is 5.97. The molecule has 1 N–H and O–H groups in total. The van der Waals surface area contributed by atoms with E-state index in [-0.39, 0.29) is 6.04 Å². The third-order valence-electron chi connectivity index (χ3n) is 3.30. The van der Waals surface area contributed by atoms with E-state index >= 15 is 0 Å². The van der Waals surface area contributed by atoms with Gasteiger partial charge in [0.2, 0.25) is 0 Å². The van der Waals surface area contributed by atoms with Crippen molar-refractivity contribution < 1.29 is 0 Å². The van der Waals surface area contributed by atoms with Gasteiger partial charge in [0.15, 0.2) is 0 Å². The summed E-state index contributed by atoms with van der Waals surface area (Å²) < 4.78 is 0. The van der Waals surface area contributed by atoms with Crippen molar-refractivity contribution >= 4 is 17.7 Å². The predicted molar refractivity (Wildman–Crippen MR) is 68.9 cm³/mol. The third-order valence-corrected chi connectivity index (χ3v) is 4.55. The van der Waals surface area contributed by atoms with E-state index in [1.54, 1.807) is 0 Å². The molecule has 82 valence electrons. The summed E-state index contributed by atoms with van der Waals surface area (Å²) in [5.74, 6) is 0. The van der Waals surface area contributed by atoms with Gasteiger partial charge in [0.05, 0.1) is 6.34 Å². The maximum atomic E-state index is 4.58. The second kappa shape index (κ2) is 3.59. The first kappa shape index (κ1) is 9.85. The van der Waals surface area contributed by atoms with Crippen molar-refractivity contribution in [3.8, 4) is 0 Å². The van der Waals surface area contributed by atoms with Crippen molar-refractivity contribution in [2.75, 3.05) is 0 Å². The molecule has 1 aromatic rings. The highest BCUT2D eigenvalue weighted by molar-refractivity contribution is 7.10. The predicted octanol–water partition coefficient (Wildman–Crippen LogP) is 3.25. The first-order valence-corrected chi connectivity index (χ1v) is 6.37. The Labute approximate surface area is 99.4 Å². The monoisotopic (exact) mass is 230 g/mol. The van der Waals surface area contributed by atoms with Crippen LogP contribution in [-0.2, 0) is 0 Å². The number of hydrogen-bond donors (Lipinski definition) is 1. The van der Waals surface area contributed by atoms with Crippen molar-refractivity contribution in [3.63, 3.8) is 0 Å². The van der Waals surface area contributed by atoms with Crippen LogP contribution in [-0.4, -0.2) is 6.34 Å². The molecule has 1 aliphatic carbocycles. The van der Waals surface area contributed by atoms with Crippen LogP contribution >= 0.6 is 11.3 Å². The first-order valence-electron chi connectivity index (χ1n) is 5.49. The molecule has 0 spiro atoms. The molecule has 0 bridgehead atoms. The Morgan fingerprint density at radius 1 is 1.44 bits per heavy atom. The molecule has 0 radical (unpaired) electrons. The summed E-state index contributed by atoms with van der Waals surface area (Å²) in [6.45, 7) is 4.36. The Balaban J connectivity index is 2.06. The molecule has 16 heavy (non-hydrogen) atoms. The number of nitrogens with zero attached hydrogens (tertiary/aromatic N) is 1. The van der Waals surface area contributed by atoms with E-state index in [2.05, 4.69) is 41.7 Å². The summed E-state index contributed by atoms with van der Waals surface area (Å²) in [6, 6.07) is 0.216. The highest BCUT2D eigenvalue weighted by atomic mass is 32.1. The van der Waals surface area contributed by atoms with Crippen LogP contribution in [0.1, 0.15) is 28.5 Å². The van der Waals surface area contributed by atoms with E-state index in [0.29, 0.717) is 0 Å². The lowest BCUT2D eigenvalue weighted by Gasteiger charge is -2.19. The minimum absolute atomic E-state index is 0.216. The molecule has 2 nitrogen and oxygen atoms in total. The summed E-state index contributed by atoms with van der Waals surface area (Å²) >= 11 is 1.82. The van der Waals surface area contributed by atoms with Crippen LogP contribution in [0, 0.1) is 13.8 Å². The third kappa shape index (κ3) is 1.35. The zero-order chi connectivity index (χ0) is 11.1. The van der Waals surface area contributed by atoms with Crippen LogP contribution in [0.3, 0.4) is 0 Å². The maximum absolute atomic E-state index is 4.58. The summed E-state index contributed by atoms with van der Waals surface area (Å²) in [7, 11) is 0. The minimum atomic E-state index is 0.216. The number of aliphatic imine (C=N–C) groups is 1. The van der Waals surface area contributed by atoms with Crippen molar-refractivity contribution in [2.24, 2.45) is 4.99 Å². The molecule has 0 saturated carbocycles. The van der Waals surface area contributed by atoms with Gasteiger partial charge in [0.1, 0.15) is 6.04 Å². The average molecular weight is 230 g/mol. The van der Waals surface area contributed by atoms with Crippen molar-refractivity contribution in [2.45, 2.75) is 26.3 Å². The van der Waals surface area contributed by atoms with Crippen LogP contribution in [0.15, 0.2) is 33.8 Å². The standard InChI is InChI=1S/C13H14N2S/c1-8-6-16-13(9(8)2)12-10-4-3-5-11(10)14-7-15-12/h3-4,6-7,12H,5H2,1-2H3,(H,14,15). The van der Waals surface area contributed by atoms with Gasteiger partial charge in [-0.2, -0.15) is 0 Å². The number of aryl methyl sites for hydroxylation is 1. The lowest BCUT2D eigenvalue weighted by molar-refractivity contribution is 0.826. The molecular weight excluding hydrogens is 216 g/mol. The fourth-order valence-corrected chi connectivity index (χ4v) is 3.33. The highest BCUT2D eigenvalue weighted by Gasteiger charge is 2.25. The van der Waals surface area contributed by atoms with Crippen LogP contribution in [0.25, 0.3) is 0 Å². The lowest BCUT2D eigenvalue weighted by Crippen LogP contribution is -2.18. The molecule has 1 atom stereocenters. The zero-order valence-electron chi connectivity index (χ0n) is 9.45. The molecule has 1 aromatic heterocycles. The van der Waals surface area contributed by atoms with Crippen LogP contribution < -0.4 is 5.32 Å². The van der Waals surface area contributed by atoms with Crippen molar-refractivity contribution in [3.05, 3.63) is 44.8 Å². The number of rotatable bonds is 1. The molecule has 1 aliphatic heterocycles. The fraction of sp³-hybridized carbons (Fsp3) is 0.308. The maximum Gasteiger partial charge on any atom is 0.113 e. The Kier molecular flexibility index (Phi) is 2.21. The van der Waals surface area contributed by atoms with E-state index in [4.69, 9.17) is 0 Å². The van der Waals surface area contributed by atoms with E-state index in [1.165, 1.54) is 27.3 Å². The number of thiophene rings is 1. The second-order valence-corrected chi connectivity index (χ2v) is 5.18. The Hall–Kier alpha value is -1.35. The smallest absolute Gasteiger partial charge is 0.113 e. The minimum Gasteiger partial charge on any atom is -0.350 e. The van der Waals surface area contributed by atoms with Gasteiger partial charge in [-0.05, 0) is 30.4 Å². The Morgan fingerprint density at radius 2 is 2.31 bits per heavy atom. The van der Waals surface area contributed by atoms with Gasteiger partial charge in [-0.15, -0.1) is 11.3 Å². The van der Waals surface area contributed by atoms with Gasteiger partial charge < -0.3 is 5.32 Å². The van der Waals surface area contributed by atoms with Crippen molar-refractivity contribution in [1.29, 1.82) is 0 Å². The zero-order valence-corrected chi connectivity index (χ0v) is 10.3. The van der Waals surface area contributed by atoms with Gasteiger partial charge in [-0.3, -0.25) is 4.99 Å². The van der Waals surface area contributed by atoms with Gasteiger partial charge in [0.25, 0.3) is 0 Å². The SMILES string of the molecule is Cc1csc(C2N=CNC3=C2C=CC3)c1C. The van der Waals surface area contributed by atoms with Crippen LogP contribution in [0.5, 0.6) is 0 Å². The highest BCUT2D eigenvalue weighted by Crippen LogP contribution is 2.39. The molecule has 0 saturated heterocycles. The second-order valence-electron chi connectivity index (χ2n) is 4.27.